The molecule has 8 nitrogen and oxygen atoms in total. The Hall–Kier alpha value is -2.48. The van der Waals surface area contributed by atoms with Crippen molar-refractivity contribution >= 4 is 17.2 Å². The maximum atomic E-state index is 12.5. The van der Waals surface area contributed by atoms with Gasteiger partial charge in [-0.05, 0) is 37.3 Å². The van der Waals surface area contributed by atoms with Crippen molar-refractivity contribution < 1.29 is 10.0 Å². The summed E-state index contributed by atoms with van der Waals surface area (Å²) in [6, 6.07) is 4.85. The number of nitro groups is 1. The van der Waals surface area contributed by atoms with Gasteiger partial charge in [-0.3, -0.25) is 19.3 Å². The molecule has 1 saturated carbocycles. The summed E-state index contributed by atoms with van der Waals surface area (Å²) in [4.78, 5) is 27.6. The van der Waals surface area contributed by atoms with Crippen molar-refractivity contribution in [2.24, 2.45) is 5.92 Å². The van der Waals surface area contributed by atoms with E-state index in [4.69, 9.17) is 0 Å². The van der Waals surface area contributed by atoms with Crippen LogP contribution in [0.2, 0.25) is 0 Å². The number of hydrogen-bond donors (Lipinski definition) is 2. The predicted octanol–water partition coefficient (Wildman–Crippen LogP) is 2.35. The number of aromatic nitrogens is 2. The number of anilines is 1. The monoisotopic (exact) mass is 346 g/mol. The van der Waals surface area contributed by atoms with Gasteiger partial charge in [-0.1, -0.05) is 25.3 Å². The maximum absolute atomic E-state index is 12.5. The lowest BCUT2D eigenvalue weighted by molar-refractivity contribution is -0.385. The zero-order chi connectivity index (χ0) is 17.8. The zero-order valence-electron chi connectivity index (χ0n) is 13.9. The van der Waals surface area contributed by atoms with Gasteiger partial charge < -0.3 is 10.4 Å². The van der Waals surface area contributed by atoms with Crippen LogP contribution in [0, 0.1) is 16.0 Å². The molecule has 1 aliphatic carbocycles. The van der Waals surface area contributed by atoms with Gasteiger partial charge in [0.05, 0.1) is 4.92 Å². The summed E-state index contributed by atoms with van der Waals surface area (Å²) < 4.78 is 1.17. The zero-order valence-corrected chi connectivity index (χ0v) is 13.9. The number of nitrogens with zero attached hydrogens (tertiary/aromatic N) is 3. The summed E-state index contributed by atoms with van der Waals surface area (Å²) >= 11 is 0. The van der Waals surface area contributed by atoms with Gasteiger partial charge in [0.1, 0.15) is 5.65 Å². The summed E-state index contributed by atoms with van der Waals surface area (Å²) in [5, 5.41) is 24.0. The molecule has 0 aromatic carbocycles. The van der Waals surface area contributed by atoms with Crippen molar-refractivity contribution in [1.29, 1.82) is 0 Å². The molecule has 2 aromatic heterocycles. The van der Waals surface area contributed by atoms with Crippen LogP contribution in [-0.4, -0.2) is 32.1 Å². The quantitative estimate of drug-likeness (QED) is 0.614. The van der Waals surface area contributed by atoms with Crippen LogP contribution in [0.1, 0.15) is 38.5 Å². The Morgan fingerprint density at radius 1 is 1.36 bits per heavy atom. The minimum absolute atomic E-state index is 0.00905. The molecule has 8 heteroatoms. The Labute approximate surface area is 144 Å². The molecule has 2 N–H and O–H groups in total. The lowest BCUT2D eigenvalue weighted by Crippen LogP contribution is -2.33. The normalized spacial score (nSPS) is 16.7. The first-order valence-electron chi connectivity index (χ1n) is 8.65. The Bertz CT molecular complexity index is 814. The van der Waals surface area contributed by atoms with Crippen LogP contribution in [0.25, 0.3) is 5.65 Å². The van der Waals surface area contributed by atoms with Gasteiger partial charge >= 0.3 is 11.2 Å². The fourth-order valence-corrected chi connectivity index (χ4v) is 3.62. The number of nitrogens with one attached hydrogen (secondary N) is 1. The smallest absolute Gasteiger partial charge is 0.376 e. The van der Waals surface area contributed by atoms with Gasteiger partial charge in [0, 0.05) is 18.8 Å². The third kappa shape index (κ3) is 3.63. The molecule has 3 rings (SSSR count). The molecular formula is C17H22N4O4. The summed E-state index contributed by atoms with van der Waals surface area (Å²) in [5.74, 6) is 0.307. The molecule has 0 spiro atoms. The van der Waals surface area contributed by atoms with E-state index in [1.165, 1.54) is 17.0 Å². The Kier molecular flexibility index (Phi) is 5.28. The molecule has 1 fully saturated rings. The van der Waals surface area contributed by atoms with Crippen LogP contribution in [0.3, 0.4) is 0 Å². The molecule has 2 aromatic rings. The van der Waals surface area contributed by atoms with Gasteiger partial charge in [-0.15, -0.1) is 0 Å². The highest BCUT2D eigenvalue weighted by Crippen LogP contribution is 2.30. The lowest BCUT2D eigenvalue weighted by Gasteiger charge is -2.30. The number of rotatable bonds is 6. The van der Waals surface area contributed by atoms with Crippen LogP contribution >= 0.6 is 0 Å². The highest BCUT2D eigenvalue weighted by molar-refractivity contribution is 5.60. The van der Waals surface area contributed by atoms with Gasteiger partial charge in [-0.25, -0.2) is 4.98 Å². The summed E-state index contributed by atoms with van der Waals surface area (Å²) in [5.41, 5.74) is -0.904. The molecule has 25 heavy (non-hydrogen) atoms. The van der Waals surface area contributed by atoms with E-state index in [0.29, 0.717) is 18.0 Å². The van der Waals surface area contributed by atoms with E-state index in [1.54, 1.807) is 18.2 Å². The van der Waals surface area contributed by atoms with Gasteiger partial charge in [0.15, 0.2) is 0 Å². The molecule has 2 heterocycles. The third-order valence-electron chi connectivity index (χ3n) is 4.87. The molecule has 1 aliphatic rings. The van der Waals surface area contributed by atoms with Crippen molar-refractivity contribution in [2.75, 3.05) is 11.9 Å². The molecule has 0 aliphatic heterocycles. The molecule has 0 amide bonds. The number of pyridine rings is 1. The van der Waals surface area contributed by atoms with Crippen molar-refractivity contribution in [3.8, 4) is 0 Å². The molecule has 0 saturated heterocycles. The van der Waals surface area contributed by atoms with E-state index in [1.807, 2.05) is 0 Å². The van der Waals surface area contributed by atoms with Crippen LogP contribution in [0.5, 0.6) is 0 Å². The second-order valence-corrected chi connectivity index (χ2v) is 6.46. The van der Waals surface area contributed by atoms with Gasteiger partial charge in [-0.2, -0.15) is 0 Å². The average Bonchev–Trinajstić information content (AvgIpc) is 2.62. The molecule has 0 unspecified atom stereocenters. The summed E-state index contributed by atoms with van der Waals surface area (Å²) in [7, 11) is 0. The Morgan fingerprint density at radius 3 is 2.80 bits per heavy atom. The van der Waals surface area contributed by atoms with Crippen molar-refractivity contribution in [1.82, 2.24) is 9.38 Å². The molecule has 134 valence electrons. The topological polar surface area (TPSA) is 110 Å². The largest absolute Gasteiger partial charge is 0.396 e. The van der Waals surface area contributed by atoms with Gasteiger partial charge in [0.2, 0.25) is 5.82 Å². The Morgan fingerprint density at radius 2 is 2.12 bits per heavy atom. The Balaban J connectivity index is 2.01. The van der Waals surface area contributed by atoms with E-state index < -0.39 is 16.2 Å². The maximum Gasteiger partial charge on any atom is 0.376 e. The van der Waals surface area contributed by atoms with E-state index in [0.717, 1.165) is 25.7 Å². The van der Waals surface area contributed by atoms with Crippen LogP contribution in [0.4, 0.5) is 11.5 Å². The number of aliphatic hydroxyl groups excluding tert-OH is 1. The first-order valence-corrected chi connectivity index (χ1v) is 8.65. The highest BCUT2D eigenvalue weighted by atomic mass is 16.6. The van der Waals surface area contributed by atoms with E-state index >= 15 is 0 Å². The first kappa shape index (κ1) is 17.3. The number of hydrogen-bond acceptors (Lipinski definition) is 6. The van der Waals surface area contributed by atoms with Crippen molar-refractivity contribution in [3.05, 3.63) is 44.9 Å². The lowest BCUT2D eigenvalue weighted by atomic mass is 9.82. The minimum Gasteiger partial charge on any atom is -0.396 e. The van der Waals surface area contributed by atoms with E-state index in [-0.39, 0.29) is 18.5 Å². The number of fused-ring (bicyclic) bond motifs is 1. The van der Waals surface area contributed by atoms with Crippen molar-refractivity contribution in [2.45, 2.75) is 44.6 Å². The second-order valence-electron chi connectivity index (χ2n) is 6.46. The second kappa shape index (κ2) is 7.60. The standard InChI is InChI=1S/C17H22N4O4/c22-11-9-13(12-6-2-1-3-7-12)18-16-15(21(24)25)17(23)20-10-5-4-8-14(20)19-16/h4-5,8,10,12-13,18,22H,1-3,6-7,9,11H2/t13-/m1/s1. The third-order valence-corrected chi connectivity index (χ3v) is 4.87. The molecule has 0 bridgehead atoms. The van der Waals surface area contributed by atoms with Crippen LogP contribution < -0.4 is 10.9 Å². The average molecular weight is 346 g/mol. The fraction of sp³-hybridized carbons (Fsp3) is 0.529. The van der Waals surface area contributed by atoms with Crippen molar-refractivity contribution in [3.63, 3.8) is 0 Å². The SMILES string of the molecule is O=c1c([N+](=O)[O-])c(N[C@H](CCO)C2CCCCC2)nc2ccccn12. The first-order chi connectivity index (χ1) is 12.1. The molecule has 1 atom stereocenters. The van der Waals surface area contributed by atoms with E-state index in [2.05, 4.69) is 10.3 Å². The van der Waals surface area contributed by atoms with Gasteiger partial charge in [0.25, 0.3) is 0 Å². The summed E-state index contributed by atoms with van der Waals surface area (Å²) in [6.07, 6.45) is 7.38. The highest BCUT2D eigenvalue weighted by Gasteiger charge is 2.29. The van der Waals surface area contributed by atoms with E-state index in [9.17, 15) is 20.0 Å². The molecular weight excluding hydrogens is 324 g/mol. The minimum atomic E-state index is -0.704. The summed E-state index contributed by atoms with van der Waals surface area (Å²) in [6.45, 7) is -0.0193. The predicted molar refractivity (Wildman–Crippen MR) is 93.8 cm³/mol. The van der Waals surface area contributed by atoms with Crippen LogP contribution in [-0.2, 0) is 0 Å². The molecule has 0 radical (unpaired) electrons. The van der Waals surface area contributed by atoms with Crippen LogP contribution in [0.15, 0.2) is 29.2 Å². The fourth-order valence-electron chi connectivity index (χ4n) is 3.62. The number of aliphatic hydroxyl groups is 1.